The topological polar surface area (TPSA) is 38.3 Å². The predicted molar refractivity (Wildman–Crippen MR) is 71.5 cm³/mol. The molecule has 1 aliphatic carbocycles. The molecule has 0 saturated heterocycles. The van der Waals surface area contributed by atoms with Gasteiger partial charge in [0, 0.05) is 6.04 Å². The average Bonchev–Trinajstić information content (AvgIpc) is 2.38. The van der Waals surface area contributed by atoms with Gasteiger partial charge >= 0.3 is 0 Å². The van der Waals surface area contributed by atoms with Gasteiger partial charge in [-0.25, -0.2) is 4.39 Å². The van der Waals surface area contributed by atoms with Gasteiger partial charge in [0.2, 0.25) is 0 Å². The number of rotatable bonds is 4. The Kier molecular flexibility index (Phi) is 4.77. The van der Waals surface area contributed by atoms with Crippen LogP contribution in [-0.4, -0.2) is 18.6 Å². The van der Waals surface area contributed by atoms with Crippen molar-refractivity contribution in [2.24, 2.45) is 5.92 Å². The molecule has 2 atom stereocenters. The van der Waals surface area contributed by atoms with Crippen LogP contribution in [0.15, 0.2) is 24.3 Å². The van der Waals surface area contributed by atoms with Crippen molar-refractivity contribution in [2.75, 3.05) is 6.61 Å². The second kappa shape index (κ2) is 6.55. The van der Waals surface area contributed by atoms with Crippen molar-refractivity contribution in [3.8, 4) is 5.75 Å². The van der Waals surface area contributed by atoms with Crippen molar-refractivity contribution in [3.63, 3.8) is 0 Å². The van der Waals surface area contributed by atoms with Crippen molar-refractivity contribution in [1.29, 1.82) is 0 Å². The third-order valence-corrected chi connectivity index (χ3v) is 3.50. The molecule has 1 saturated carbocycles. The van der Waals surface area contributed by atoms with E-state index in [9.17, 15) is 9.18 Å². The molecule has 1 fully saturated rings. The number of benzene rings is 1. The third-order valence-electron chi connectivity index (χ3n) is 3.50. The Labute approximate surface area is 113 Å². The molecule has 104 valence electrons. The van der Waals surface area contributed by atoms with Crippen molar-refractivity contribution in [2.45, 2.75) is 38.6 Å². The summed E-state index contributed by atoms with van der Waals surface area (Å²) in [6, 6.07) is 6.34. The summed E-state index contributed by atoms with van der Waals surface area (Å²) < 4.78 is 18.5. The van der Waals surface area contributed by atoms with Gasteiger partial charge in [0.1, 0.15) is 0 Å². The first-order chi connectivity index (χ1) is 9.15. The largest absolute Gasteiger partial charge is 0.481 e. The minimum atomic E-state index is -0.443. The minimum Gasteiger partial charge on any atom is -0.481 e. The number of hydrogen-bond donors (Lipinski definition) is 1. The SMILES string of the molecule is CC1CCCC(NC(=O)COc2ccccc2F)C1. The van der Waals surface area contributed by atoms with Crippen LogP contribution in [0.4, 0.5) is 4.39 Å². The lowest BCUT2D eigenvalue weighted by Crippen LogP contribution is -2.40. The molecule has 0 aliphatic heterocycles. The van der Waals surface area contributed by atoms with Crippen LogP contribution < -0.4 is 10.1 Å². The van der Waals surface area contributed by atoms with Crippen LogP contribution in [0.1, 0.15) is 32.6 Å². The van der Waals surface area contributed by atoms with Crippen molar-refractivity contribution >= 4 is 5.91 Å². The van der Waals surface area contributed by atoms with E-state index in [0.29, 0.717) is 5.92 Å². The Balaban J connectivity index is 1.77. The summed E-state index contributed by atoms with van der Waals surface area (Å²) >= 11 is 0. The highest BCUT2D eigenvalue weighted by molar-refractivity contribution is 5.77. The first kappa shape index (κ1) is 13.8. The summed E-state index contributed by atoms with van der Waals surface area (Å²) in [5, 5.41) is 2.95. The van der Waals surface area contributed by atoms with E-state index in [4.69, 9.17) is 4.74 Å². The summed E-state index contributed by atoms with van der Waals surface area (Å²) in [6.07, 6.45) is 4.43. The molecule has 2 rings (SSSR count). The third kappa shape index (κ3) is 4.23. The van der Waals surface area contributed by atoms with E-state index in [0.717, 1.165) is 19.3 Å². The standard InChI is InChI=1S/C15H20FNO2/c1-11-5-4-6-12(9-11)17-15(18)10-19-14-8-3-2-7-13(14)16/h2-3,7-8,11-12H,4-6,9-10H2,1H3,(H,17,18). The molecule has 0 aromatic heterocycles. The monoisotopic (exact) mass is 265 g/mol. The Morgan fingerprint density at radius 3 is 2.95 bits per heavy atom. The maximum Gasteiger partial charge on any atom is 0.258 e. The van der Waals surface area contributed by atoms with Gasteiger partial charge < -0.3 is 10.1 Å². The van der Waals surface area contributed by atoms with Gasteiger partial charge in [-0.1, -0.05) is 31.9 Å². The maximum atomic E-state index is 13.3. The molecule has 0 radical (unpaired) electrons. The van der Waals surface area contributed by atoms with E-state index >= 15 is 0 Å². The molecule has 0 spiro atoms. The van der Waals surface area contributed by atoms with Gasteiger partial charge in [-0.05, 0) is 30.9 Å². The quantitative estimate of drug-likeness (QED) is 0.909. The van der Waals surface area contributed by atoms with Crippen LogP contribution in [-0.2, 0) is 4.79 Å². The van der Waals surface area contributed by atoms with Crippen LogP contribution in [0.5, 0.6) is 5.75 Å². The van der Waals surface area contributed by atoms with Gasteiger partial charge in [-0.2, -0.15) is 0 Å². The van der Waals surface area contributed by atoms with Crippen LogP contribution in [0.25, 0.3) is 0 Å². The molecule has 19 heavy (non-hydrogen) atoms. The van der Waals surface area contributed by atoms with Crippen LogP contribution in [0, 0.1) is 11.7 Å². The first-order valence-electron chi connectivity index (χ1n) is 6.82. The normalized spacial score (nSPS) is 22.8. The van der Waals surface area contributed by atoms with Gasteiger partial charge in [0.05, 0.1) is 0 Å². The van der Waals surface area contributed by atoms with E-state index in [1.165, 1.54) is 18.6 Å². The van der Waals surface area contributed by atoms with Gasteiger partial charge in [0.25, 0.3) is 5.91 Å². The lowest BCUT2D eigenvalue weighted by molar-refractivity contribution is -0.124. The molecule has 4 heteroatoms. The van der Waals surface area contributed by atoms with Crippen molar-refractivity contribution < 1.29 is 13.9 Å². The number of hydrogen-bond acceptors (Lipinski definition) is 2. The maximum absolute atomic E-state index is 13.3. The Bertz CT molecular complexity index is 436. The van der Waals surface area contributed by atoms with E-state index in [2.05, 4.69) is 12.2 Å². The zero-order valence-corrected chi connectivity index (χ0v) is 11.2. The minimum absolute atomic E-state index is 0.120. The average molecular weight is 265 g/mol. The van der Waals surface area contributed by atoms with E-state index < -0.39 is 5.82 Å². The molecule has 1 N–H and O–H groups in total. The molecule has 1 amide bonds. The van der Waals surface area contributed by atoms with Gasteiger partial charge in [-0.3, -0.25) is 4.79 Å². The summed E-state index contributed by atoms with van der Waals surface area (Å²) in [4.78, 5) is 11.7. The lowest BCUT2D eigenvalue weighted by atomic mass is 9.87. The zero-order chi connectivity index (χ0) is 13.7. The second-order valence-electron chi connectivity index (χ2n) is 5.26. The summed E-state index contributed by atoms with van der Waals surface area (Å²) in [7, 11) is 0. The number of para-hydroxylation sites is 1. The Hall–Kier alpha value is -1.58. The molecule has 1 aliphatic rings. The van der Waals surface area contributed by atoms with E-state index in [1.54, 1.807) is 12.1 Å². The molecule has 2 unspecified atom stereocenters. The number of amides is 1. The lowest BCUT2D eigenvalue weighted by Gasteiger charge is -2.27. The van der Waals surface area contributed by atoms with E-state index in [1.807, 2.05) is 0 Å². The summed E-state index contributed by atoms with van der Waals surface area (Å²) in [5.74, 6) is 0.158. The highest BCUT2D eigenvalue weighted by Crippen LogP contribution is 2.23. The van der Waals surface area contributed by atoms with Crippen LogP contribution in [0.3, 0.4) is 0 Å². The highest BCUT2D eigenvalue weighted by atomic mass is 19.1. The van der Waals surface area contributed by atoms with Gasteiger partial charge in [-0.15, -0.1) is 0 Å². The first-order valence-corrected chi connectivity index (χ1v) is 6.82. The fraction of sp³-hybridized carbons (Fsp3) is 0.533. The molecule has 3 nitrogen and oxygen atoms in total. The number of nitrogens with one attached hydrogen (secondary N) is 1. The smallest absolute Gasteiger partial charge is 0.258 e. The zero-order valence-electron chi connectivity index (χ0n) is 11.2. The fourth-order valence-corrected chi connectivity index (χ4v) is 2.54. The molecule has 0 bridgehead atoms. The number of carbonyl (C=O) groups excluding carboxylic acids is 1. The predicted octanol–water partition coefficient (Wildman–Crippen LogP) is 2.90. The molecular weight excluding hydrogens is 245 g/mol. The summed E-state index contributed by atoms with van der Waals surface area (Å²) in [5.41, 5.74) is 0. The van der Waals surface area contributed by atoms with Gasteiger partial charge in [0.15, 0.2) is 18.2 Å². The highest BCUT2D eigenvalue weighted by Gasteiger charge is 2.20. The molecule has 1 aromatic carbocycles. The molecule has 1 aromatic rings. The Morgan fingerprint density at radius 1 is 1.42 bits per heavy atom. The molecule has 0 heterocycles. The van der Waals surface area contributed by atoms with Crippen LogP contribution in [0.2, 0.25) is 0 Å². The summed E-state index contributed by atoms with van der Waals surface area (Å²) in [6.45, 7) is 2.07. The number of ether oxygens (including phenoxy) is 1. The fourth-order valence-electron chi connectivity index (χ4n) is 2.54. The Morgan fingerprint density at radius 2 is 2.21 bits per heavy atom. The number of halogens is 1. The van der Waals surface area contributed by atoms with Crippen LogP contribution >= 0.6 is 0 Å². The number of carbonyl (C=O) groups is 1. The van der Waals surface area contributed by atoms with E-state index in [-0.39, 0.29) is 24.3 Å². The second-order valence-corrected chi connectivity index (χ2v) is 5.26. The van der Waals surface area contributed by atoms with Crippen molar-refractivity contribution in [1.82, 2.24) is 5.32 Å². The van der Waals surface area contributed by atoms with Crippen molar-refractivity contribution in [3.05, 3.63) is 30.1 Å². The molecular formula is C15H20FNO2.